The maximum atomic E-state index is 12.7. The van der Waals surface area contributed by atoms with Gasteiger partial charge in [0.25, 0.3) is 0 Å². The fourth-order valence-electron chi connectivity index (χ4n) is 2.53. The highest BCUT2D eigenvalue weighted by molar-refractivity contribution is 7.99. The van der Waals surface area contributed by atoms with Crippen molar-refractivity contribution < 1.29 is 13.2 Å². The normalized spacial score (nSPS) is 23.2. The molecule has 0 spiro atoms. The Balaban J connectivity index is 2.02. The molecule has 112 valence electrons. The van der Waals surface area contributed by atoms with Crippen LogP contribution in [-0.4, -0.2) is 24.1 Å². The first kappa shape index (κ1) is 15.7. The lowest BCUT2D eigenvalue weighted by atomic mass is 9.94. The van der Waals surface area contributed by atoms with Crippen LogP contribution in [0.25, 0.3) is 0 Å². The summed E-state index contributed by atoms with van der Waals surface area (Å²) in [6.07, 6.45) is -2.45. The van der Waals surface area contributed by atoms with Gasteiger partial charge < -0.3 is 5.32 Å². The highest BCUT2D eigenvalue weighted by atomic mass is 32.2. The Morgan fingerprint density at radius 1 is 1.30 bits per heavy atom. The second kappa shape index (κ2) is 6.85. The largest absolute Gasteiger partial charge is 0.416 e. The third-order valence-corrected chi connectivity index (χ3v) is 4.87. The van der Waals surface area contributed by atoms with Crippen LogP contribution in [-0.2, 0) is 12.6 Å². The molecule has 0 aliphatic carbocycles. The molecule has 2 unspecified atom stereocenters. The number of hydrogen-bond donors (Lipinski definition) is 1. The second-order valence-corrected chi connectivity index (χ2v) is 6.34. The highest BCUT2D eigenvalue weighted by Crippen LogP contribution is 2.32. The molecule has 0 bridgehead atoms. The third-order valence-electron chi connectivity index (χ3n) is 3.61. The van der Waals surface area contributed by atoms with Crippen LogP contribution in [0.2, 0.25) is 0 Å². The van der Waals surface area contributed by atoms with Crippen LogP contribution in [0.15, 0.2) is 24.3 Å². The van der Waals surface area contributed by atoms with Crippen LogP contribution >= 0.6 is 11.8 Å². The molecule has 0 saturated carbocycles. The van der Waals surface area contributed by atoms with Gasteiger partial charge >= 0.3 is 6.18 Å². The minimum Gasteiger partial charge on any atom is -0.313 e. The maximum Gasteiger partial charge on any atom is 0.416 e. The minimum absolute atomic E-state index is 0.425. The molecule has 1 aromatic carbocycles. The molecule has 1 nitrogen and oxygen atoms in total. The zero-order valence-electron chi connectivity index (χ0n) is 11.5. The lowest BCUT2D eigenvalue weighted by molar-refractivity contribution is -0.137. The monoisotopic (exact) mass is 303 g/mol. The summed E-state index contributed by atoms with van der Waals surface area (Å²) in [7, 11) is 0. The van der Waals surface area contributed by atoms with Gasteiger partial charge in [-0.1, -0.05) is 25.1 Å². The number of rotatable bonds is 5. The number of benzene rings is 1. The number of hydrogen-bond acceptors (Lipinski definition) is 2. The van der Waals surface area contributed by atoms with E-state index in [1.807, 2.05) is 11.8 Å². The highest BCUT2D eigenvalue weighted by Gasteiger charge is 2.31. The molecule has 1 aliphatic heterocycles. The van der Waals surface area contributed by atoms with Crippen molar-refractivity contribution in [3.63, 3.8) is 0 Å². The maximum absolute atomic E-state index is 12.7. The Bertz CT molecular complexity index is 433. The van der Waals surface area contributed by atoms with E-state index in [1.165, 1.54) is 12.1 Å². The molecule has 20 heavy (non-hydrogen) atoms. The first-order valence-electron chi connectivity index (χ1n) is 6.98. The zero-order valence-corrected chi connectivity index (χ0v) is 12.4. The quantitative estimate of drug-likeness (QED) is 0.883. The number of thioether (sulfide) groups is 1. The molecule has 1 fully saturated rings. The van der Waals surface area contributed by atoms with E-state index in [2.05, 4.69) is 12.2 Å². The average molecular weight is 303 g/mol. The van der Waals surface area contributed by atoms with Crippen LogP contribution in [0.5, 0.6) is 0 Å². The molecule has 2 atom stereocenters. The summed E-state index contributed by atoms with van der Waals surface area (Å²) >= 11 is 1.88. The first-order chi connectivity index (χ1) is 9.50. The van der Waals surface area contributed by atoms with Gasteiger partial charge in [-0.2, -0.15) is 24.9 Å². The van der Waals surface area contributed by atoms with Crippen molar-refractivity contribution >= 4 is 11.8 Å². The van der Waals surface area contributed by atoms with Crippen molar-refractivity contribution in [2.45, 2.75) is 32.0 Å². The van der Waals surface area contributed by atoms with E-state index in [9.17, 15) is 13.2 Å². The lowest BCUT2D eigenvalue weighted by Crippen LogP contribution is -2.36. The van der Waals surface area contributed by atoms with Gasteiger partial charge in [-0.3, -0.25) is 0 Å². The van der Waals surface area contributed by atoms with Crippen molar-refractivity contribution in [1.82, 2.24) is 5.32 Å². The van der Waals surface area contributed by atoms with Crippen molar-refractivity contribution in [3.05, 3.63) is 35.4 Å². The van der Waals surface area contributed by atoms with Gasteiger partial charge in [-0.15, -0.1) is 0 Å². The molecular weight excluding hydrogens is 283 g/mol. The number of alkyl halides is 3. The van der Waals surface area contributed by atoms with E-state index in [1.54, 1.807) is 6.07 Å². The molecule has 1 aliphatic rings. The Kier molecular flexibility index (Phi) is 5.38. The van der Waals surface area contributed by atoms with Crippen LogP contribution in [0.3, 0.4) is 0 Å². The molecule has 2 rings (SSSR count). The van der Waals surface area contributed by atoms with Crippen molar-refractivity contribution in [2.75, 3.05) is 18.1 Å². The molecular formula is C15H20F3NS. The Morgan fingerprint density at radius 3 is 2.80 bits per heavy atom. The second-order valence-electron chi connectivity index (χ2n) is 5.26. The van der Waals surface area contributed by atoms with Gasteiger partial charge in [0.1, 0.15) is 0 Å². The van der Waals surface area contributed by atoms with E-state index >= 15 is 0 Å². The van der Waals surface area contributed by atoms with Gasteiger partial charge in [-0.25, -0.2) is 0 Å². The van der Waals surface area contributed by atoms with Gasteiger partial charge in [0.05, 0.1) is 5.56 Å². The van der Waals surface area contributed by atoms with E-state index in [-0.39, 0.29) is 0 Å². The first-order valence-corrected chi connectivity index (χ1v) is 8.13. The van der Waals surface area contributed by atoms with E-state index in [0.29, 0.717) is 12.0 Å². The summed E-state index contributed by atoms with van der Waals surface area (Å²) in [4.78, 5) is 0. The SMILES string of the molecule is CCCNC1CSCC1Cc1cccc(C(F)(F)F)c1. The van der Waals surface area contributed by atoms with Gasteiger partial charge in [0.2, 0.25) is 0 Å². The summed E-state index contributed by atoms with van der Waals surface area (Å²) in [5.74, 6) is 2.51. The molecule has 1 heterocycles. The Hall–Kier alpha value is -0.680. The summed E-state index contributed by atoms with van der Waals surface area (Å²) in [6, 6.07) is 6.16. The summed E-state index contributed by atoms with van der Waals surface area (Å²) in [5.41, 5.74) is 0.245. The van der Waals surface area contributed by atoms with Crippen molar-refractivity contribution in [2.24, 2.45) is 5.92 Å². The van der Waals surface area contributed by atoms with Gasteiger partial charge in [0.15, 0.2) is 0 Å². The summed E-state index contributed by atoms with van der Waals surface area (Å²) in [5, 5.41) is 3.50. The lowest BCUT2D eigenvalue weighted by Gasteiger charge is -2.20. The zero-order chi connectivity index (χ0) is 14.6. The van der Waals surface area contributed by atoms with E-state index in [0.717, 1.165) is 42.5 Å². The smallest absolute Gasteiger partial charge is 0.313 e. The van der Waals surface area contributed by atoms with Gasteiger partial charge in [-0.05, 0) is 42.7 Å². The minimum atomic E-state index is -4.25. The topological polar surface area (TPSA) is 12.0 Å². The fourth-order valence-corrected chi connectivity index (χ4v) is 3.97. The van der Waals surface area contributed by atoms with Crippen molar-refractivity contribution in [3.8, 4) is 0 Å². The Labute approximate surface area is 122 Å². The molecule has 1 N–H and O–H groups in total. The average Bonchev–Trinajstić information content (AvgIpc) is 2.83. The predicted molar refractivity (Wildman–Crippen MR) is 78.0 cm³/mol. The Morgan fingerprint density at radius 2 is 2.10 bits per heavy atom. The van der Waals surface area contributed by atoms with Crippen LogP contribution in [0.1, 0.15) is 24.5 Å². The molecule has 5 heteroatoms. The van der Waals surface area contributed by atoms with Crippen molar-refractivity contribution in [1.29, 1.82) is 0 Å². The standard InChI is InChI=1S/C15H20F3NS/c1-2-6-19-14-10-20-9-12(14)7-11-4-3-5-13(8-11)15(16,17)18/h3-5,8,12,14,19H,2,6-7,9-10H2,1H3. The number of halogens is 3. The van der Waals surface area contributed by atoms with Gasteiger partial charge in [0, 0.05) is 11.8 Å². The van der Waals surface area contributed by atoms with Crippen LogP contribution < -0.4 is 5.32 Å². The van der Waals surface area contributed by atoms with E-state index < -0.39 is 11.7 Å². The molecule has 0 aromatic heterocycles. The molecule has 1 aromatic rings. The number of nitrogens with one attached hydrogen (secondary N) is 1. The summed E-state index contributed by atoms with van der Waals surface area (Å²) in [6.45, 7) is 3.10. The van der Waals surface area contributed by atoms with Crippen LogP contribution in [0, 0.1) is 5.92 Å². The summed E-state index contributed by atoms with van der Waals surface area (Å²) < 4.78 is 38.1. The molecule has 1 saturated heterocycles. The molecule has 0 amide bonds. The third kappa shape index (κ3) is 4.16. The molecule has 0 radical (unpaired) electrons. The predicted octanol–water partition coefficient (Wildman–Crippen LogP) is 3.98. The fraction of sp³-hybridized carbons (Fsp3) is 0.600. The van der Waals surface area contributed by atoms with Crippen LogP contribution in [0.4, 0.5) is 13.2 Å². The van der Waals surface area contributed by atoms with E-state index in [4.69, 9.17) is 0 Å².